The molecular weight excluding hydrogens is 324 g/mol. The average molecular weight is 344 g/mol. The molecule has 0 bridgehead atoms. The number of carbonyl (C=O) groups is 1. The van der Waals surface area contributed by atoms with E-state index in [-0.39, 0.29) is 5.91 Å². The number of ether oxygens (including phenoxy) is 4. The smallest absolute Gasteiger partial charge is 0.269 e. The van der Waals surface area contributed by atoms with Gasteiger partial charge in [0.15, 0.2) is 11.5 Å². The molecule has 1 aliphatic rings. The topological polar surface area (TPSA) is 78.9 Å². The number of hydrogen-bond donors (Lipinski definition) is 1. The summed E-state index contributed by atoms with van der Waals surface area (Å²) in [6, 6.07) is 10.7. The number of aromatic nitrogens is 1. The summed E-state index contributed by atoms with van der Waals surface area (Å²) in [5, 5.41) is 2.78. The summed E-state index contributed by atoms with van der Waals surface area (Å²) < 4.78 is 21.8. The monoisotopic (exact) mass is 344 g/mol. The number of hydrogen-bond acceptors (Lipinski definition) is 6. The molecular formula is C18H20N2O5. The van der Waals surface area contributed by atoms with E-state index in [0.717, 1.165) is 0 Å². The van der Waals surface area contributed by atoms with Gasteiger partial charge in [0, 0.05) is 13.2 Å². The van der Waals surface area contributed by atoms with Crippen LogP contribution in [0.4, 0.5) is 5.69 Å². The number of amides is 1. The number of anilines is 1. The fraction of sp³-hybridized carbons (Fsp3) is 0.333. The third kappa shape index (κ3) is 4.19. The van der Waals surface area contributed by atoms with Gasteiger partial charge >= 0.3 is 0 Å². The zero-order valence-corrected chi connectivity index (χ0v) is 14.1. The minimum atomic E-state index is -0.743. The fourth-order valence-electron chi connectivity index (χ4n) is 2.39. The lowest BCUT2D eigenvalue weighted by molar-refractivity contribution is -0.128. The number of para-hydroxylation sites is 2. The Labute approximate surface area is 145 Å². The molecule has 0 spiro atoms. The van der Waals surface area contributed by atoms with Gasteiger partial charge in [-0.15, -0.1) is 0 Å². The maximum atomic E-state index is 12.5. The van der Waals surface area contributed by atoms with Crippen LogP contribution in [0.5, 0.6) is 17.4 Å². The fourth-order valence-corrected chi connectivity index (χ4v) is 2.39. The molecule has 3 rings (SSSR count). The first kappa shape index (κ1) is 17.0. The standard InChI is InChI=1S/C18H20N2O5/c1-12-17(25-15-6-4-3-5-14(15)24-12)18(21)20-13-7-8-16(19-11-13)23-10-9-22-2/h3-8,11-12,17H,9-10H2,1-2H3,(H,20,21)/t12-,17+/m1/s1. The summed E-state index contributed by atoms with van der Waals surface area (Å²) >= 11 is 0. The number of nitrogens with zero attached hydrogens (tertiary/aromatic N) is 1. The zero-order chi connectivity index (χ0) is 17.6. The summed E-state index contributed by atoms with van der Waals surface area (Å²) in [4.78, 5) is 16.6. The molecule has 1 aromatic heterocycles. The van der Waals surface area contributed by atoms with E-state index < -0.39 is 12.2 Å². The van der Waals surface area contributed by atoms with E-state index in [1.54, 1.807) is 32.2 Å². The third-order valence-corrected chi connectivity index (χ3v) is 3.64. The maximum Gasteiger partial charge on any atom is 0.269 e. The number of pyridine rings is 1. The molecule has 1 amide bonds. The minimum absolute atomic E-state index is 0.295. The van der Waals surface area contributed by atoms with Crippen LogP contribution < -0.4 is 19.5 Å². The van der Waals surface area contributed by atoms with E-state index in [1.807, 2.05) is 18.2 Å². The highest BCUT2D eigenvalue weighted by atomic mass is 16.6. The molecule has 7 nitrogen and oxygen atoms in total. The Morgan fingerprint density at radius 1 is 1.16 bits per heavy atom. The second kappa shape index (κ2) is 7.85. The highest BCUT2D eigenvalue weighted by Crippen LogP contribution is 2.33. The normalized spacial score (nSPS) is 18.5. The molecule has 0 aliphatic carbocycles. The average Bonchev–Trinajstić information content (AvgIpc) is 2.62. The Kier molecular flexibility index (Phi) is 5.35. The quantitative estimate of drug-likeness (QED) is 0.810. The van der Waals surface area contributed by atoms with Gasteiger partial charge in [0.1, 0.15) is 12.7 Å². The number of carbonyl (C=O) groups excluding carboxylic acids is 1. The van der Waals surface area contributed by atoms with Crippen molar-refractivity contribution in [3.63, 3.8) is 0 Å². The van der Waals surface area contributed by atoms with Gasteiger partial charge in [-0.25, -0.2) is 4.98 Å². The SMILES string of the molecule is COCCOc1ccc(NC(=O)[C@H]2Oc3ccccc3O[C@@H]2C)cn1. The van der Waals surface area contributed by atoms with Crippen molar-refractivity contribution in [2.24, 2.45) is 0 Å². The van der Waals surface area contributed by atoms with Gasteiger partial charge in [-0.2, -0.15) is 0 Å². The summed E-state index contributed by atoms with van der Waals surface area (Å²) in [7, 11) is 1.60. The Morgan fingerprint density at radius 2 is 1.92 bits per heavy atom. The van der Waals surface area contributed by atoms with Crippen LogP contribution >= 0.6 is 0 Å². The highest BCUT2D eigenvalue weighted by Gasteiger charge is 2.34. The minimum Gasteiger partial charge on any atom is -0.482 e. The Morgan fingerprint density at radius 3 is 2.60 bits per heavy atom. The van der Waals surface area contributed by atoms with Gasteiger partial charge in [-0.3, -0.25) is 4.79 Å². The first-order chi connectivity index (χ1) is 12.2. The van der Waals surface area contributed by atoms with E-state index >= 15 is 0 Å². The van der Waals surface area contributed by atoms with Crippen molar-refractivity contribution >= 4 is 11.6 Å². The molecule has 1 aromatic carbocycles. The molecule has 7 heteroatoms. The van der Waals surface area contributed by atoms with E-state index in [1.165, 1.54) is 6.20 Å². The Hall–Kier alpha value is -2.80. The number of rotatable bonds is 6. The lowest BCUT2D eigenvalue weighted by Crippen LogP contribution is -2.46. The van der Waals surface area contributed by atoms with Crippen LogP contribution in [0, 0.1) is 0 Å². The molecule has 0 unspecified atom stereocenters. The molecule has 0 fully saturated rings. The molecule has 0 saturated carbocycles. The molecule has 2 heterocycles. The largest absolute Gasteiger partial charge is 0.482 e. The van der Waals surface area contributed by atoms with Crippen LogP contribution in [0.3, 0.4) is 0 Å². The zero-order valence-electron chi connectivity index (χ0n) is 14.1. The summed E-state index contributed by atoms with van der Waals surface area (Å²) in [6.07, 6.45) is 0.384. The number of nitrogens with one attached hydrogen (secondary N) is 1. The van der Waals surface area contributed by atoms with Crippen molar-refractivity contribution in [2.45, 2.75) is 19.1 Å². The third-order valence-electron chi connectivity index (χ3n) is 3.64. The second-order valence-electron chi connectivity index (χ2n) is 5.52. The summed E-state index contributed by atoms with van der Waals surface area (Å²) in [5.74, 6) is 1.37. The van der Waals surface area contributed by atoms with Crippen LogP contribution in [-0.4, -0.2) is 43.4 Å². The maximum absolute atomic E-state index is 12.5. The van der Waals surface area contributed by atoms with E-state index in [4.69, 9.17) is 18.9 Å². The van der Waals surface area contributed by atoms with Crippen molar-refractivity contribution < 1.29 is 23.7 Å². The second-order valence-corrected chi connectivity index (χ2v) is 5.52. The van der Waals surface area contributed by atoms with Crippen molar-refractivity contribution in [2.75, 3.05) is 25.6 Å². The van der Waals surface area contributed by atoms with Crippen LogP contribution in [0.25, 0.3) is 0 Å². The van der Waals surface area contributed by atoms with Gasteiger partial charge in [-0.1, -0.05) is 12.1 Å². The predicted molar refractivity (Wildman–Crippen MR) is 91.2 cm³/mol. The lowest BCUT2D eigenvalue weighted by Gasteiger charge is -2.30. The molecule has 25 heavy (non-hydrogen) atoms. The Bertz CT molecular complexity index is 720. The van der Waals surface area contributed by atoms with Crippen LogP contribution in [0.2, 0.25) is 0 Å². The first-order valence-corrected chi connectivity index (χ1v) is 7.98. The first-order valence-electron chi connectivity index (χ1n) is 7.98. The number of benzene rings is 1. The lowest BCUT2D eigenvalue weighted by atomic mass is 10.1. The molecule has 132 valence electrons. The van der Waals surface area contributed by atoms with Gasteiger partial charge < -0.3 is 24.3 Å². The highest BCUT2D eigenvalue weighted by molar-refractivity contribution is 5.95. The predicted octanol–water partition coefficient (Wildman–Crippen LogP) is 2.27. The van der Waals surface area contributed by atoms with Gasteiger partial charge in [0.25, 0.3) is 5.91 Å². The van der Waals surface area contributed by atoms with Crippen LogP contribution in [-0.2, 0) is 9.53 Å². The molecule has 2 aromatic rings. The van der Waals surface area contributed by atoms with E-state index in [9.17, 15) is 4.79 Å². The molecule has 2 atom stereocenters. The molecule has 0 saturated heterocycles. The van der Waals surface area contributed by atoms with Crippen LogP contribution in [0.15, 0.2) is 42.6 Å². The van der Waals surface area contributed by atoms with Crippen molar-refractivity contribution in [1.29, 1.82) is 0 Å². The molecule has 1 N–H and O–H groups in total. The summed E-state index contributed by atoms with van der Waals surface area (Å²) in [6.45, 7) is 2.70. The van der Waals surface area contributed by atoms with Gasteiger partial charge in [-0.05, 0) is 25.1 Å². The van der Waals surface area contributed by atoms with E-state index in [0.29, 0.717) is 36.3 Å². The number of fused-ring (bicyclic) bond motifs is 1. The number of methoxy groups -OCH3 is 1. The van der Waals surface area contributed by atoms with E-state index in [2.05, 4.69) is 10.3 Å². The summed E-state index contributed by atoms with van der Waals surface area (Å²) in [5.41, 5.74) is 0.554. The van der Waals surface area contributed by atoms with Crippen molar-refractivity contribution in [3.8, 4) is 17.4 Å². The van der Waals surface area contributed by atoms with Crippen molar-refractivity contribution in [3.05, 3.63) is 42.6 Å². The van der Waals surface area contributed by atoms with Gasteiger partial charge in [0.2, 0.25) is 12.0 Å². The van der Waals surface area contributed by atoms with Gasteiger partial charge in [0.05, 0.1) is 18.5 Å². The molecule has 0 radical (unpaired) electrons. The Balaban J connectivity index is 1.60. The van der Waals surface area contributed by atoms with Crippen LogP contribution in [0.1, 0.15) is 6.92 Å². The molecule has 1 aliphatic heterocycles. The van der Waals surface area contributed by atoms with Crippen molar-refractivity contribution in [1.82, 2.24) is 4.98 Å².